The lowest BCUT2D eigenvalue weighted by Gasteiger charge is -2.13. The Balaban J connectivity index is 1.85. The Kier molecular flexibility index (Phi) is 6.63. The van der Waals surface area contributed by atoms with Gasteiger partial charge in [-0.05, 0) is 54.8 Å². The van der Waals surface area contributed by atoms with Gasteiger partial charge in [-0.25, -0.2) is 13.6 Å². The minimum Gasteiger partial charge on any atom is -0.491 e. The Hall–Kier alpha value is -2.09. The Labute approximate surface area is 158 Å². The number of ether oxygens (including phenoxy) is 1. The van der Waals surface area contributed by atoms with Gasteiger partial charge in [0.25, 0.3) is 0 Å². The lowest BCUT2D eigenvalue weighted by atomic mass is 10.1. The number of benzene rings is 2. The molecule has 8 heteroatoms. The van der Waals surface area contributed by atoms with Crippen molar-refractivity contribution >= 4 is 27.5 Å². The summed E-state index contributed by atoms with van der Waals surface area (Å²) in [4.78, 5) is 12.0. The molecule has 0 aliphatic heterocycles. The zero-order valence-electron chi connectivity index (χ0n) is 14.6. The first-order valence-corrected chi connectivity index (χ1v) is 9.87. The summed E-state index contributed by atoms with van der Waals surface area (Å²) >= 11 is 5.81. The van der Waals surface area contributed by atoms with Crippen LogP contribution < -0.4 is 15.2 Å². The number of rotatable bonds is 7. The van der Waals surface area contributed by atoms with E-state index in [-0.39, 0.29) is 23.8 Å². The van der Waals surface area contributed by atoms with Crippen LogP contribution in [0.2, 0.25) is 5.02 Å². The largest absolute Gasteiger partial charge is 0.491 e. The summed E-state index contributed by atoms with van der Waals surface area (Å²) in [6, 6.07) is 10.2. The van der Waals surface area contributed by atoms with Crippen molar-refractivity contribution in [3.05, 3.63) is 58.1 Å². The van der Waals surface area contributed by atoms with Crippen molar-refractivity contribution in [1.29, 1.82) is 0 Å². The number of carbonyl (C=O) groups is 1. The fourth-order valence-corrected chi connectivity index (χ4v) is 3.40. The molecule has 0 aliphatic carbocycles. The summed E-state index contributed by atoms with van der Waals surface area (Å²) < 4.78 is 28.6. The minimum absolute atomic E-state index is 0.0821. The van der Waals surface area contributed by atoms with E-state index in [1.807, 2.05) is 0 Å². The van der Waals surface area contributed by atoms with Crippen LogP contribution in [0.1, 0.15) is 16.7 Å². The van der Waals surface area contributed by atoms with Gasteiger partial charge >= 0.3 is 0 Å². The normalized spacial score (nSPS) is 11.2. The van der Waals surface area contributed by atoms with Crippen LogP contribution in [-0.4, -0.2) is 27.5 Å². The highest BCUT2D eigenvalue weighted by Gasteiger charge is 2.14. The topological polar surface area (TPSA) is 98.5 Å². The first-order chi connectivity index (χ1) is 12.2. The number of nitrogens with one attached hydrogen (secondary N) is 1. The summed E-state index contributed by atoms with van der Waals surface area (Å²) in [5.41, 5.74) is 2.05. The second-order valence-electron chi connectivity index (χ2n) is 5.93. The van der Waals surface area contributed by atoms with Crippen molar-refractivity contribution in [2.75, 3.05) is 13.2 Å². The zero-order valence-corrected chi connectivity index (χ0v) is 16.2. The third kappa shape index (κ3) is 5.72. The monoisotopic (exact) mass is 396 g/mol. The maximum absolute atomic E-state index is 11.9. The van der Waals surface area contributed by atoms with Gasteiger partial charge in [0.1, 0.15) is 12.4 Å². The van der Waals surface area contributed by atoms with Gasteiger partial charge in [-0.1, -0.05) is 23.7 Å². The third-order valence-corrected chi connectivity index (χ3v) is 5.04. The third-order valence-electron chi connectivity index (χ3n) is 3.74. The molecule has 0 atom stereocenters. The summed E-state index contributed by atoms with van der Waals surface area (Å²) in [5.74, 6) is 0.440. The second kappa shape index (κ2) is 8.53. The quantitative estimate of drug-likeness (QED) is 0.701. The Morgan fingerprint density at radius 3 is 2.42 bits per heavy atom. The Morgan fingerprint density at radius 1 is 1.15 bits per heavy atom. The number of hydrogen-bond acceptors (Lipinski definition) is 4. The summed E-state index contributed by atoms with van der Waals surface area (Å²) in [7, 11) is -3.76. The van der Waals surface area contributed by atoms with Crippen molar-refractivity contribution in [2.24, 2.45) is 5.14 Å². The molecule has 3 N–H and O–H groups in total. The molecule has 140 valence electrons. The van der Waals surface area contributed by atoms with Crippen molar-refractivity contribution in [3.63, 3.8) is 0 Å². The number of halogens is 1. The highest BCUT2D eigenvalue weighted by molar-refractivity contribution is 7.89. The molecule has 0 aliphatic rings. The predicted molar refractivity (Wildman–Crippen MR) is 101 cm³/mol. The van der Waals surface area contributed by atoms with Crippen LogP contribution in [0.25, 0.3) is 0 Å². The van der Waals surface area contributed by atoms with Gasteiger partial charge in [-0.15, -0.1) is 0 Å². The van der Waals surface area contributed by atoms with E-state index in [9.17, 15) is 13.2 Å². The van der Waals surface area contributed by atoms with Crippen LogP contribution in [0.15, 0.2) is 41.3 Å². The molecule has 2 aromatic rings. The molecule has 6 nitrogen and oxygen atoms in total. The average Bonchev–Trinajstić information content (AvgIpc) is 2.55. The van der Waals surface area contributed by atoms with E-state index in [1.165, 1.54) is 6.07 Å². The van der Waals surface area contributed by atoms with E-state index in [0.29, 0.717) is 28.4 Å². The van der Waals surface area contributed by atoms with Crippen molar-refractivity contribution in [2.45, 2.75) is 25.2 Å². The molecule has 0 radical (unpaired) electrons. The van der Waals surface area contributed by atoms with Crippen molar-refractivity contribution in [1.82, 2.24) is 5.32 Å². The molecular formula is C18H21ClN2O4S. The molecule has 0 saturated carbocycles. The predicted octanol–water partition coefficient (Wildman–Crippen LogP) is 2.34. The van der Waals surface area contributed by atoms with E-state index in [1.54, 1.807) is 44.2 Å². The van der Waals surface area contributed by atoms with E-state index >= 15 is 0 Å². The summed E-state index contributed by atoms with van der Waals surface area (Å²) in [6.07, 6.45) is 0.262. The smallest absolute Gasteiger partial charge is 0.238 e. The average molecular weight is 397 g/mol. The second-order valence-corrected chi connectivity index (χ2v) is 7.90. The molecule has 0 fully saturated rings. The number of primary sulfonamides is 1. The van der Waals surface area contributed by atoms with Crippen LogP contribution in [0, 0.1) is 13.8 Å². The van der Waals surface area contributed by atoms with Gasteiger partial charge < -0.3 is 10.1 Å². The van der Waals surface area contributed by atoms with E-state index in [2.05, 4.69) is 5.32 Å². The SMILES string of the molecule is Cc1cc(S(N)(=O)=O)c(C)cc1OCCNC(=O)Cc1ccc(Cl)cc1. The van der Waals surface area contributed by atoms with E-state index in [0.717, 1.165) is 5.56 Å². The first kappa shape index (κ1) is 20.2. The molecule has 0 bridgehead atoms. The lowest BCUT2D eigenvalue weighted by molar-refractivity contribution is -0.120. The number of aryl methyl sites for hydroxylation is 2. The maximum atomic E-state index is 11.9. The maximum Gasteiger partial charge on any atom is 0.238 e. The zero-order chi connectivity index (χ0) is 19.3. The summed E-state index contributed by atoms with van der Waals surface area (Å²) in [5, 5.41) is 8.58. The molecule has 2 rings (SSSR count). The fourth-order valence-electron chi connectivity index (χ4n) is 2.43. The van der Waals surface area contributed by atoms with E-state index in [4.69, 9.17) is 21.5 Å². The minimum atomic E-state index is -3.76. The van der Waals surface area contributed by atoms with Crippen LogP contribution in [0.4, 0.5) is 0 Å². The van der Waals surface area contributed by atoms with Crippen LogP contribution in [0.3, 0.4) is 0 Å². The molecule has 0 spiro atoms. The van der Waals surface area contributed by atoms with Gasteiger partial charge in [0.15, 0.2) is 0 Å². The number of carbonyl (C=O) groups excluding carboxylic acids is 1. The molecule has 2 aromatic carbocycles. The molecule has 0 heterocycles. The Morgan fingerprint density at radius 2 is 1.81 bits per heavy atom. The van der Waals surface area contributed by atoms with Crippen LogP contribution >= 0.6 is 11.6 Å². The van der Waals surface area contributed by atoms with Gasteiger partial charge in [0.2, 0.25) is 15.9 Å². The fraction of sp³-hybridized carbons (Fsp3) is 0.278. The van der Waals surface area contributed by atoms with Gasteiger partial charge in [0.05, 0.1) is 17.9 Å². The number of amides is 1. The van der Waals surface area contributed by atoms with Crippen LogP contribution in [0.5, 0.6) is 5.75 Å². The van der Waals surface area contributed by atoms with Gasteiger partial charge in [0, 0.05) is 5.02 Å². The number of nitrogens with two attached hydrogens (primary N) is 1. The molecule has 0 saturated heterocycles. The molecule has 1 amide bonds. The first-order valence-electron chi connectivity index (χ1n) is 7.95. The standard InChI is InChI=1S/C18H21ClN2O4S/c1-12-10-17(26(20,23)24)13(2)9-16(12)25-8-7-21-18(22)11-14-3-5-15(19)6-4-14/h3-6,9-10H,7-8,11H2,1-2H3,(H,21,22)(H2,20,23,24). The van der Waals surface area contributed by atoms with Gasteiger partial charge in [-0.3, -0.25) is 4.79 Å². The molecule has 0 aromatic heterocycles. The molecular weight excluding hydrogens is 376 g/mol. The Bertz CT molecular complexity index is 896. The highest BCUT2D eigenvalue weighted by Crippen LogP contribution is 2.25. The van der Waals surface area contributed by atoms with Crippen molar-refractivity contribution in [3.8, 4) is 5.75 Å². The lowest BCUT2D eigenvalue weighted by Crippen LogP contribution is -2.29. The molecule has 26 heavy (non-hydrogen) atoms. The van der Waals surface area contributed by atoms with Gasteiger partial charge in [-0.2, -0.15) is 0 Å². The summed E-state index contributed by atoms with van der Waals surface area (Å²) in [6.45, 7) is 3.99. The molecule has 0 unspecified atom stereocenters. The van der Waals surface area contributed by atoms with E-state index < -0.39 is 10.0 Å². The van der Waals surface area contributed by atoms with Crippen molar-refractivity contribution < 1.29 is 17.9 Å². The highest BCUT2D eigenvalue weighted by atomic mass is 35.5. The van der Waals surface area contributed by atoms with Crippen LogP contribution in [-0.2, 0) is 21.2 Å². The number of hydrogen-bond donors (Lipinski definition) is 2. The number of sulfonamides is 1.